The molecule has 2 aromatic heterocycles. The van der Waals surface area contributed by atoms with E-state index in [0.29, 0.717) is 12.2 Å². The third-order valence-electron chi connectivity index (χ3n) is 4.78. The number of hydrogen-bond donors (Lipinski definition) is 1. The van der Waals surface area contributed by atoms with Crippen LogP contribution in [0.25, 0.3) is 5.69 Å². The van der Waals surface area contributed by atoms with Crippen molar-refractivity contribution in [3.05, 3.63) is 112 Å². The maximum Gasteiger partial charge on any atom is 0.276 e. The molecular weight excluding hydrogens is 397 g/mol. The molecule has 4 rings (SSSR count). The first-order valence-electron chi connectivity index (χ1n) is 9.70. The molecule has 0 aliphatic heterocycles. The molecule has 0 bridgehead atoms. The summed E-state index contributed by atoms with van der Waals surface area (Å²) in [5.74, 6) is -1.11. The molecule has 156 valence electrons. The number of halogens is 1. The minimum absolute atomic E-state index is 0.168. The Hall–Kier alpha value is -4.07. The molecule has 0 saturated heterocycles. The number of para-hydroxylation sites is 1. The standard InChI is InChI=1S/C23H20FN5O2/c1-16-13-21(30)22(27-29(16)20-6-3-2-5-19(20)24)23(31)25-14-17-7-9-18(10-8-17)15-28-12-4-11-26-28/h2-13H,14-15H2,1H3,(H,25,31). The predicted molar refractivity (Wildman–Crippen MR) is 113 cm³/mol. The average molecular weight is 417 g/mol. The molecule has 2 aromatic carbocycles. The van der Waals surface area contributed by atoms with E-state index in [1.165, 1.54) is 22.9 Å². The Morgan fingerprint density at radius 2 is 1.81 bits per heavy atom. The lowest BCUT2D eigenvalue weighted by molar-refractivity contribution is 0.0943. The lowest BCUT2D eigenvalue weighted by atomic mass is 10.1. The SMILES string of the molecule is Cc1cc(=O)c(C(=O)NCc2ccc(Cn3cccn3)cc2)nn1-c1ccccc1F. The Labute approximate surface area is 177 Å². The molecule has 0 saturated carbocycles. The van der Waals surface area contributed by atoms with Gasteiger partial charge in [0.1, 0.15) is 11.5 Å². The van der Waals surface area contributed by atoms with Gasteiger partial charge in [-0.15, -0.1) is 0 Å². The summed E-state index contributed by atoms with van der Waals surface area (Å²) in [4.78, 5) is 24.9. The van der Waals surface area contributed by atoms with Gasteiger partial charge in [-0.25, -0.2) is 9.07 Å². The van der Waals surface area contributed by atoms with E-state index in [1.807, 2.05) is 41.2 Å². The van der Waals surface area contributed by atoms with E-state index < -0.39 is 17.2 Å². The zero-order valence-electron chi connectivity index (χ0n) is 16.8. The summed E-state index contributed by atoms with van der Waals surface area (Å²) in [7, 11) is 0. The fourth-order valence-corrected chi connectivity index (χ4v) is 3.18. The van der Waals surface area contributed by atoms with Crippen molar-refractivity contribution in [3.8, 4) is 5.69 Å². The zero-order valence-corrected chi connectivity index (χ0v) is 16.8. The molecule has 0 unspecified atom stereocenters. The molecule has 4 aromatic rings. The molecule has 7 nitrogen and oxygen atoms in total. The summed E-state index contributed by atoms with van der Waals surface area (Å²) >= 11 is 0. The Balaban J connectivity index is 1.48. The monoisotopic (exact) mass is 417 g/mol. The van der Waals surface area contributed by atoms with Crippen LogP contribution in [0.2, 0.25) is 0 Å². The summed E-state index contributed by atoms with van der Waals surface area (Å²) in [6.45, 7) is 2.52. The van der Waals surface area contributed by atoms with Crippen LogP contribution in [0.1, 0.15) is 27.3 Å². The van der Waals surface area contributed by atoms with Crippen LogP contribution in [-0.2, 0) is 13.1 Å². The Kier molecular flexibility index (Phi) is 5.70. The van der Waals surface area contributed by atoms with Gasteiger partial charge in [0.15, 0.2) is 5.69 Å². The van der Waals surface area contributed by atoms with Crippen molar-refractivity contribution in [3.63, 3.8) is 0 Å². The van der Waals surface area contributed by atoms with Gasteiger partial charge >= 0.3 is 0 Å². The number of nitrogens with one attached hydrogen (secondary N) is 1. The molecule has 0 aliphatic rings. The van der Waals surface area contributed by atoms with Crippen molar-refractivity contribution < 1.29 is 9.18 Å². The van der Waals surface area contributed by atoms with Crippen molar-refractivity contribution in [1.82, 2.24) is 24.9 Å². The fourth-order valence-electron chi connectivity index (χ4n) is 3.18. The van der Waals surface area contributed by atoms with Crippen molar-refractivity contribution in [2.75, 3.05) is 0 Å². The van der Waals surface area contributed by atoms with E-state index in [9.17, 15) is 14.0 Å². The van der Waals surface area contributed by atoms with Crippen molar-refractivity contribution >= 4 is 5.91 Å². The Bertz CT molecular complexity index is 1260. The lowest BCUT2D eigenvalue weighted by Gasteiger charge is -2.12. The number of hydrogen-bond acceptors (Lipinski definition) is 4. The third-order valence-corrected chi connectivity index (χ3v) is 4.78. The number of aromatic nitrogens is 4. The topological polar surface area (TPSA) is 81.8 Å². The predicted octanol–water partition coefficient (Wildman–Crippen LogP) is 2.85. The summed E-state index contributed by atoms with van der Waals surface area (Å²) in [6.07, 6.45) is 3.61. The van der Waals surface area contributed by atoms with E-state index in [4.69, 9.17) is 0 Å². The second-order valence-corrected chi connectivity index (χ2v) is 7.06. The molecule has 1 N–H and O–H groups in total. The minimum atomic E-state index is -0.615. The van der Waals surface area contributed by atoms with Gasteiger partial charge in [-0.2, -0.15) is 10.2 Å². The van der Waals surface area contributed by atoms with Crippen LogP contribution in [0.5, 0.6) is 0 Å². The van der Waals surface area contributed by atoms with Crippen LogP contribution in [0, 0.1) is 12.7 Å². The molecule has 8 heteroatoms. The fraction of sp³-hybridized carbons (Fsp3) is 0.130. The molecule has 2 heterocycles. The van der Waals surface area contributed by atoms with E-state index >= 15 is 0 Å². The summed E-state index contributed by atoms with van der Waals surface area (Å²) in [6, 6.07) is 16.9. The van der Waals surface area contributed by atoms with Crippen LogP contribution < -0.4 is 10.7 Å². The molecule has 1 amide bonds. The van der Waals surface area contributed by atoms with E-state index in [-0.39, 0.29) is 17.9 Å². The quantitative estimate of drug-likeness (QED) is 0.523. The molecule has 31 heavy (non-hydrogen) atoms. The highest BCUT2D eigenvalue weighted by molar-refractivity contribution is 5.92. The van der Waals surface area contributed by atoms with Gasteiger partial charge in [0.05, 0.1) is 6.54 Å². The number of carbonyl (C=O) groups excluding carboxylic acids is 1. The first-order valence-corrected chi connectivity index (χ1v) is 9.70. The molecule has 0 fully saturated rings. The van der Waals surface area contributed by atoms with Crippen molar-refractivity contribution in [1.29, 1.82) is 0 Å². The Morgan fingerprint density at radius 3 is 2.52 bits per heavy atom. The first kappa shape index (κ1) is 20.2. The number of benzene rings is 2. The highest BCUT2D eigenvalue weighted by Gasteiger charge is 2.16. The van der Waals surface area contributed by atoms with Crippen molar-refractivity contribution in [2.24, 2.45) is 0 Å². The van der Waals surface area contributed by atoms with Gasteiger partial charge in [0, 0.05) is 30.7 Å². The number of amides is 1. The maximum atomic E-state index is 14.2. The largest absolute Gasteiger partial charge is 0.346 e. The van der Waals surface area contributed by atoms with Crippen LogP contribution in [0.3, 0.4) is 0 Å². The van der Waals surface area contributed by atoms with Crippen LogP contribution in [0.15, 0.2) is 77.9 Å². The number of nitrogens with zero attached hydrogens (tertiary/aromatic N) is 4. The smallest absolute Gasteiger partial charge is 0.276 e. The first-order chi connectivity index (χ1) is 15.0. The van der Waals surface area contributed by atoms with E-state index in [1.54, 1.807) is 25.3 Å². The molecular formula is C23H20FN5O2. The Morgan fingerprint density at radius 1 is 1.06 bits per heavy atom. The van der Waals surface area contributed by atoms with Crippen LogP contribution >= 0.6 is 0 Å². The molecule has 0 radical (unpaired) electrons. The summed E-state index contributed by atoms with van der Waals surface area (Å²) in [5, 5.41) is 11.0. The molecule has 0 spiro atoms. The highest BCUT2D eigenvalue weighted by atomic mass is 19.1. The van der Waals surface area contributed by atoms with Crippen molar-refractivity contribution in [2.45, 2.75) is 20.0 Å². The zero-order chi connectivity index (χ0) is 21.8. The molecule has 0 aliphatic carbocycles. The normalized spacial score (nSPS) is 10.8. The van der Waals surface area contributed by atoms with E-state index in [0.717, 1.165) is 11.1 Å². The summed E-state index contributed by atoms with van der Waals surface area (Å²) < 4.78 is 17.2. The third kappa shape index (κ3) is 4.58. The van der Waals surface area contributed by atoms with Gasteiger partial charge < -0.3 is 5.32 Å². The number of rotatable bonds is 6. The van der Waals surface area contributed by atoms with E-state index in [2.05, 4.69) is 15.5 Å². The second-order valence-electron chi connectivity index (χ2n) is 7.06. The van der Waals surface area contributed by atoms with Crippen LogP contribution in [-0.4, -0.2) is 25.5 Å². The molecule has 0 atom stereocenters. The van der Waals surface area contributed by atoms with Gasteiger partial charge in [0.2, 0.25) is 5.43 Å². The average Bonchev–Trinajstić information content (AvgIpc) is 3.27. The highest BCUT2D eigenvalue weighted by Crippen LogP contribution is 2.13. The van der Waals surface area contributed by atoms with Crippen LogP contribution in [0.4, 0.5) is 4.39 Å². The number of aryl methyl sites for hydroxylation is 1. The van der Waals surface area contributed by atoms with Gasteiger partial charge in [0.25, 0.3) is 5.91 Å². The second kappa shape index (κ2) is 8.74. The minimum Gasteiger partial charge on any atom is -0.346 e. The number of carbonyl (C=O) groups is 1. The lowest BCUT2D eigenvalue weighted by Crippen LogP contribution is -2.31. The summed E-state index contributed by atoms with van der Waals surface area (Å²) in [5.41, 5.74) is 1.74. The van der Waals surface area contributed by atoms with Gasteiger partial charge in [-0.1, -0.05) is 36.4 Å². The maximum absolute atomic E-state index is 14.2. The van der Waals surface area contributed by atoms with Gasteiger partial charge in [-0.05, 0) is 36.2 Å². The van der Waals surface area contributed by atoms with Gasteiger partial charge in [-0.3, -0.25) is 14.3 Å².